The van der Waals surface area contributed by atoms with Crippen LogP contribution >= 0.6 is 11.3 Å². The van der Waals surface area contributed by atoms with E-state index in [4.69, 9.17) is 0 Å². The Morgan fingerprint density at radius 1 is 1.15 bits per heavy atom. The first-order valence-electron chi connectivity index (χ1n) is 10.4. The number of halogens is 3. The first-order chi connectivity index (χ1) is 15.7. The number of rotatable bonds is 6. The molecule has 3 aromatic rings. The van der Waals surface area contributed by atoms with E-state index in [1.807, 2.05) is 7.05 Å². The number of alkyl halides is 3. The topological polar surface area (TPSA) is 91.2 Å². The van der Waals surface area contributed by atoms with E-state index in [9.17, 15) is 23.1 Å². The van der Waals surface area contributed by atoms with Gasteiger partial charge in [0.1, 0.15) is 11.6 Å². The fraction of sp³-hybridized carbons (Fsp3) is 0.364. The molecule has 0 unspecified atom stereocenters. The van der Waals surface area contributed by atoms with Gasteiger partial charge in [0, 0.05) is 25.5 Å². The van der Waals surface area contributed by atoms with Crippen molar-refractivity contribution in [2.24, 2.45) is 5.92 Å². The molecule has 0 atom stereocenters. The highest BCUT2D eigenvalue weighted by Crippen LogP contribution is 2.35. The number of aromatic nitrogens is 3. The van der Waals surface area contributed by atoms with Gasteiger partial charge < -0.3 is 15.3 Å². The highest BCUT2D eigenvalue weighted by molar-refractivity contribution is 7.18. The van der Waals surface area contributed by atoms with Crippen LogP contribution in [0, 0.1) is 5.92 Å². The Morgan fingerprint density at radius 3 is 2.61 bits per heavy atom. The van der Waals surface area contributed by atoms with Crippen LogP contribution in [0.25, 0.3) is 10.6 Å². The van der Waals surface area contributed by atoms with E-state index in [0.29, 0.717) is 24.4 Å². The summed E-state index contributed by atoms with van der Waals surface area (Å²) in [6, 6.07) is 7.30. The number of aliphatic carboxylic acids is 1. The summed E-state index contributed by atoms with van der Waals surface area (Å²) in [6.07, 6.45) is 1.27. The fourth-order valence-corrected chi connectivity index (χ4v) is 4.78. The molecule has 1 fully saturated rings. The van der Waals surface area contributed by atoms with Crippen LogP contribution in [0.5, 0.6) is 0 Å². The lowest BCUT2D eigenvalue weighted by Gasteiger charge is -2.33. The number of hydrogen-bond acceptors (Lipinski definition) is 7. The van der Waals surface area contributed by atoms with Crippen molar-refractivity contribution in [2.45, 2.75) is 37.9 Å². The van der Waals surface area contributed by atoms with Crippen molar-refractivity contribution in [3.05, 3.63) is 48.3 Å². The molecular weight excluding hydrogens is 455 g/mol. The van der Waals surface area contributed by atoms with E-state index >= 15 is 0 Å². The number of nitrogens with one attached hydrogen (secondary N) is 1. The zero-order valence-corrected chi connectivity index (χ0v) is 18.5. The lowest BCUT2D eigenvalue weighted by molar-refractivity contribution is -0.143. The molecule has 0 spiro atoms. The van der Waals surface area contributed by atoms with Crippen molar-refractivity contribution in [2.75, 3.05) is 17.3 Å². The van der Waals surface area contributed by atoms with Gasteiger partial charge in [-0.3, -0.25) is 4.79 Å². The molecule has 4 rings (SSSR count). The average Bonchev–Trinajstić information content (AvgIpc) is 3.29. The van der Waals surface area contributed by atoms with Crippen molar-refractivity contribution in [1.29, 1.82) is 0 Å². The lowest BCUT2D eigenvalue weighted by Crippen LogP contribution is -2.36. The Morgan fingerprint density at radius 2 is 1.91 bits per heavy atom. The third-order valence-corrected chi connectivity index (χ3v) is 6.84. The van der Waals surface area contributed by atoms with Gasteiger partial charge in [-0.2, -0.15) is 13.2 Å². The SMILES string of the molecule is CN(c1ncc(-c2cccc(Nc3cc(C(F)(F)F)ccn3)n2)s1)C1CCC(C(=O)O)CC1. The van der Waals surface area contributed by atoms with Crippen LogP contribution in [0.3, 0.4) is 0 Å². The predicted molar refractivity (Wildman–Crippen MR) is 120 cm³/mol. The van der Waals surface area contributed by atoms with Crippen LogP contribution < -0.4 is 10.2 Å². The minimum Gasteiger partial charge on any atom is -0.481 e. The first-order valence-corrected chi connectivity index (χ1v) is 11.2. The van der Waals surface area contributed by atoms with Gasteiger partial charge in [-0.15, -0.1) is 0 Å². The molecule has 33 heavy (non-hydrogen) atoms. The number of carboxylic acids is 1. The van der Waals surface area contributed by atoms with Crippen LogP contribution in [0.4, 0.5) is 29.9 Å². The maximum absolute atomic E-state index is 12.9. The van der Waals surface area contributed by atoms with E-state index in [1.165, 1.54) is 11.3 Å². The summed E-state index contributed by atoms with van der Waals surface area (Å²) < 4.78 is 38.8. The number of carboxylic acid groups (broad SMARTS) is 1. The molecule has 11 heteroatoms. The maximum Gasteiger partial charge on any atom is 0.416 e. The summed E-state index contributed by atoms with van der Waals surface area (Å²) in [5.41, 5.74) is -0.151. The number of anilines is 3. The van der Waals surface area contributed by atoms with Gasteiger partial charge in [0.05, 0.1) is 22.1 Å². The third kappa shape index (κ3) is 5.41. The zero-order valence-electron chi connectivity index (χ0n) is 17.7. The minimum atomic E-state index is -4.45. The Hall–Kier alpha value is -3.21. The summed E-state index contributed by atoms with van der Waals surface area (Å²) >= 11 is 1.46. The Balaban J connectivity index is 1.46. The molecule has 1 saturated carbocycles. The van der Waals surface area contributed by atoms with Crippen molar-refractivity contribution in [3.8, 4) is 10.6 Å². The van der Waals surface area contributed by atoms with Crippen molar-refractivity contribution in [3.63, 3.8) is 0 Å². The number of carbonyl (C=O) groups is 1. The van der Waals surface area contributed by atoms with Gasteiger partial charge in [0.2, 0.25) is 0 Å². The van der Waals surface area contributed by atoms with Gasteiger partial charge in [0.15, 0.2) is 5.13 Å². The van der Waals surface area contributed by atoms with Crippen LogP contribution in [0.1, 0.15) is 31.2 Å². The van der Waals surface area contributed by atoms with Crippen LogP contribution in [-0.4, -0.2) is 39.1 Å². The van der Waals surface area contributed by atoms with Gasteiger partial charge in [-0.1, -0.05) is 17.4 Å². The number of hydrogen-bond donors (Lipinski definition) is 2. The Labute approximate surface area is 192 Å². The quantitative estimate of drug-likeness (QED) is 0.488. The minimum absolute atomic E-state index is 0.0520. The molecule has 2 N–H and O–H groups in total. The normalized spacial score (nSPS) is 18.7. The molecule has 7 nitrogen and oxygen atoms in total. The summed E-state index contributed by atoms with van der Waals surface area (Å²) in [5.74, 6) is -0.578. The second-order valence-electron chi connectivity index (χ2n) is 7.92. The van der Waals surface area contributed by atoms with Crippen molar-refractivity contribution in [1.82, 2.24) is 15.0 Å². The molecule has 3 heterocycles. The van der Waals surface area contributed by atoms with Gasteiger partial charge >= 0.3 is 12.1 Å². The molecule has 0 saturated heterocycles. The summed E-state index contributed by atoms with van der Waals surface area (Å²) in [4.78, 5) is 27.0. The standard InChI is InChI=1S/C22H22F3N5O2S/c1-30(15-7-5-13(6-8-15)20(31)32)21-27-12-17(33-21)16-3-2-4-18(28-16)29-19-11-14(9-10-26-19)22(23,24)25/h2-4,9-13,15H,5-8H2,1H3,(H,31,32)(H,26,28,29). The molecule has 1 aliphatic rings. The molecule has 3 aromatic heterocycles. The zero-order chi connectivity index (χ0) is 23.6. The van der Waals surface area contributed by atoms with Gasteiger partial charge in [-0.05, 0) is 49.9 Å². The molecular formula is C22H22F3N5O2S. The van der Waals surface area contributed by atoms with Crippen LogP contribution in [0.2, 0.25) is 0 Å². The second kappa shape index (κ2) is 9.34. The Bertz CT molecular complexity index is 1130. The average molecular weight is 478 g/mol. The van der Waals surface area contributed by atoms with E-state index in [2.05, 4.69) is 25.2 Å². The van der Waals surface area contributed by atoms with Gasteiger partial charge in [-0.25, -0.2) is 15.0 Å². The predicted octanol–water partition coefficient (Wildman–Crippen LogP) is 5.44. The third-order valence-electron chi connectivity index (χ3n) is 5.73. The van der Waals surface area contributed by atoms with E-state index in [-0.39, 0.29) is 17.8 Å². The molecule has 0 bridgehead atoms. The second-order valence-corrected chi connectivity index (χ2v) is 8.93. The molecule has 0 amide bonds. The van der Waals surface area contributed by atoms with Crippen LogP contribution in [-0.2, 0) is 11.0 Å². The fourth-order valence-electron chi connectivity index (χ4n) is 3.86. The monoisotopic (exact) mass is 477 g/mol. The summed E-state index contributed by atoms with van der Waals surface area (Å²) in [7, 11) is 1.96. The lowest BCUT2D eigenvalue weighted by atomic mass is 9.86. The summed E-state index contributed by atoms with van der Waals surface area (Å²) in [6.45, 7) is 0. The van der Waals surface area contributed by atoms with Gasteiger partial charge in [0.25, 0.3) is 0 Å². The van der Waals surface area contributed by atoms with E-state index < -0.39 is 17.7 Å². The number of nitrogens with zero attached hydrogens (tertiary/aromatic N) is 4. The van der Waals surface area contributed by atoms with Crippen molar-refractivity contribution < 1.29 is 23.1 Å². The molecule has 0 aromatic carbocycles. The van der Waals surface area contributed by atoms with E-state index in [1.54, 1.807) is 24.4 Å². The Kier molecular flexibility index (Phi) is 6.50. The summed E-state index contributed by atoms with van der Waals surface area (Å²) in [5, 5.41) is 12.8. The highest BCUT2D eigenvalue weighted by atomic mass is 32.1. The van der Waals surface area contributed by atoms with Crippen molar-refractivity contribution >= 4 is 34.1 Å². The van der Waals surface area contributed by atoms with Crippen LogP contribution in [0.15, 0.2) is 42.7 Å². The number of pyridine rings is 2. The number of thiazole rings is 1. The first kappa shape index (κ1) is 23.0. The largest absolute Gasteiger partial charge is 0.481 e. The van der Waals surface area contributed by atoms with E-state index in [0.717, 1.165) is 41.2 Å². The molecule has 0 aliphatic heterocycles. The molecule has 174 valence electrons. The molecule has 0 radical (unpaired) electrons. The molecule has 1 aliphatic carbocycles. The smallest absolute Gasteiger partial charge is 0.416 e. The highest BCUT2D eigenvalue weighted by Gasteiger charge is 2.31. The maximum atomic E-state index is 12.9.